The molecule has 2 aromatic rings. The zero-order valence-corrected chi connectivity index (χ0v) is 16.0. The van der Waals surface area contributed by atoms with Crippen molar-refractivity contribution < 1.29 is 13.2 Å². The van der Waals surface area contributed by atoms with E-state index in [0.717, 1.165) is 27.3 Å². The molecular formula is C19H24N2O3S. The molecule has 0 radical (unpaired) electrons. The number of para-hydroxylation sites is 1. The Labute approximate surface area is 149 Å². The SMILES string of the molecule is Cc1ccc(N(C(C)C(=O)Nc2ccccc2C)S(C)(=O)=O)cc1C. The first-order chi connectivity index (χ1) is 11.6. The summed E-state index contributed by atoms with van der Waals surface area (Å²) in [5.41, 5.74) is 4.11. The molecular weight excluding hydrogens is 336 g/mol. The second kappa shape index (κ2) is 7.27. The number of nitrogens with zero attached hydrogens (tertiary/aromatic N) is 1. The van der Waals surface area contributed by atoms with Gasteiger partial charge in [0.05, 0.1) is 11.9 Å². The van der Waals surface area contributed by atoms with Crippen LogP contribution in [-0.2, 0) is 14.8 Å². The lowest BCUT2D eigenvalue weighted by atomic mass is 10.1. The molecule has 1 atom stereocenters. The highest BCUT2D eigenvalue weighted by molar-refractivity contribution is 7.92. The summed E-state index contributed by atoms with van der Waals surface area (Å²) in [6.45, 7) is 7.34. The fraction of sp³-hybridized carbons (Fsp3) is 0.316. The van der Waals surface area contributed by atoms with Gasteiger partial charge in [-0.1, -0.05) is 24.3 Å². The molecule has 0 bridgehead atoms. The number of carbonyl (C=O) groups is 1. The number of rotatable bonds is 5. The van der Waals surface area contributed by atoms with Gasteiger partial charge in [0.25, 0.3) is 0 Å². The number of benzene rings is 2. The van der Waals surface area contributed by atoms with E-state index in [-0.39, 0.29) is 5.91 Å². The van der Waals surface area contributed by atoms with Gasteiger partial charge in [-0.3, -0.25) is 9.10 Å². The Kier molecular flexibility index (Phi) is 5.52. The molecule has 1 N–H and O–H groups in total. The molecule has 6 heteroatoms. The number of aryl methyl sites for hydroxylation is 3. The van der Waals surface area contributed by atoms with Crippen LogP contribution in [0.5, 0.6) is 0 Å². The summed E-state index contributed by atoms with van der Waals surface area (Å²) in [5.74, 6) is -0.377. The number of nitrogens with one attached hydrogen (secondary N) is 1. The molecule has 1 unspecified atom stereocenters. The van der Waals surface area contributed by atoms with Gasteiger partial charge >= 0.3 is 0 Å². The molecule has 0 aliphatic heterocycles. The van der Waals surface area contributed by atoms with Gasteiger partial charge in [-0.2, -0.15) is 0 Å². The summed E-state index contributed by atoms with van der Waals surface area (Å²) in [5, 5.41) is 2.81. The van der Waals surface area contributed by atoms with Crippen molar-refractivity contribution in [3.8, 4) is 0 Å². The zero-order valence-electron chi connectivity index (χ0n) is 15.2. The van der Waals surface area contributed by atoms with Crippen LogP contribution in [-0.4, -0.2) is 26.6 Å². The minimum absolute atomic E-state index is 0.377. The first kappa shape index (κ1) is 19.0. The number of amides is 1. The lowest BCUT2D eigenvalue weighted by Crippen LogP contribution is -2.45. The van der Waals surface area contributed by atoms with Crippen molar-refractivity contribution in [2.75, 3.05) is 15.9 Å². The van der Waals surface area contributed by atoms with E-state index in [2.05, 4.69) is 5.32 Å². The molecule has 0 saturated heterocycles. The summed E-state index contributed by atoms with van der Waals surface area (Å²) in [7, 11) is -3.62. The van der Waals surface area contributed by atoms with E-state index in [1.165, 1.54) is 0 Å². The Bertz CT molecular complexity index is 891. The highest BCUT2D eigenvalue weighted by atomic mass is 32.2. The Balaban J connectivity index is 2.36. The molecule has 0 saturated carbocycles. The average Bonchev–Trinajstić information content (AvgIpc) is 2.51. The Morgan fingerprint density at radius 2 is 1.64 bits per heavy atom. The van der Waals surface area contributed by atoms with Crippen LogP contribution in [0.25, 0.3) is 0 Å². The third-order valence-corrected chi connectivity index (χ3v) is 5.48. The highest BCUT2D eigenvalue weighted by Gasteiger charge is 2.29. The van der Waals surface area contributed by atoms with Gasteiger partial charge in [0.15, 0.2) is 0 Å². The maximum absolute atomic E-state index is 12.7. The van der Waals surface area contributed by atoms with Crippen LogP contribution in [0.1, 0.15) is 23.6 Å². The van der Waals surface area contributed by atoms with Crippen LogP contribution in [0.3, 0.4) is 0 Å². The van der Waals surface area contributed by atoms with E-state index in [1.807, 2.05) is 45.0 Å². The molecule has 2 rings (SSSR count). The molecule has 0 fully saturated rings. The number of carbonyl (C=O) groups excluding carboxylic acids is 1. The van der Waals surface area contributed by atoms with Crippen molar-refractivity contribution >= 4 is 27.3 Å². The molecule has 5 nitrogen and oxygen atoms in total. The van der Waals surface area contributed by atoms with Crippen molar-refractivity contribution in [3.05, 3.63) is 59.2 Å². The maximum atomic E-state index is 12.7. The largest absolute Gasteiger partial charge is 0.324 e. The highest BCUT2D eigenvalue weighted by Crippen LogP contribution is 2.24. The standard InChI is InChI=1S/C19H24N2O3S/c1-13-10-11-17(12-15(13)3)21(25(5,23)24)16(4)19(22)20-18-9-7-6-8-14(18)2/h6-12,16H,1-5H3,(H,20,22). The Morgan fingerprint density at radius 1 is 1.00 bits per heavy atom. The van der Waals surface area contributed by atoms with E-state index in [0.29, 0.717) is 11.4 Å². The van der Waals surface area contributed by atoms with Crippen LogP contribution in [0.15, 0.2) is 42.5 Å². The molecule has 25 heavy (non-hydrogen) atoms. The molecule has 134 valence electrons. The van der Waals surface area contributed by atoms with Crippen LogP contribution in [0.2, 0.25) is 0 Å². The van der Waals surface area contributed by atoms with E-state index in [4.69, 9.17) is 0 Å². The van der Waals surface area contributed by atoms with E-state index < -0.39 is 16.1 Å². The van der Waals surface area contributed by atoms with E-state index >= 15 is 0 Å². The second-order valence-electron chi connectivity index (χ2n) is 6.31. The normalized spacial score (nSPS) is 12.5. The van der Waals surface area contributed by atoms with Crippen LogP contribution in [0, 0.1) is 20.8 Å². The van der Waals surface area contributed by atoms with Crippen LogP contribution < -0.4 is 9.62 Å². The molecule has 2 aromatic carbocycles. The van der Waals surface area contributed by atoms with Gasteiger partial charge in [-0.05, 0) is 62.6 Å². The molecule has 0 spiro atoms. The van der Waals surface area contributed by atoms with Crippen LogP contribution in [0.4, 0.5) is 11.4 Å². The van der Waals surface area contributed by atoms with Gasteiger partial charge in [0.1, 0.15) is 6.04 Å². The summed E-state index contributed by atoms with van der Waals surface area (Å²) in [6, 6.07) is 11.9. The molecule has 0 aromatic heterocycles. The Hall–Kier alpha value is -2.34. The van der Waals surface area contributed by atoms with Gasteiger partial charge in [-0.25, -0.2) is 8.42 Å². The molecule has 0 aliphatic carbocycles. The monoisotopic (exact) mass is 360 g/mol. The topological polar surface area (TPSA) is 66.5 Å². The minimum atomic E-state index is -3.62. The van der Waals surface area contributed by atoms with Crippen molar-refractivity contribution in [2.24, 2.45) is 0 Å². The van der Waals surface area contributed by atoms with Crippen molar-refractivity contribution in [1.82, 2.24) is 0 Å². The smallest absolute Gasteiger partial charge is 0.248 e. The summed E-state index contributed by atoms with van der Waals surface area (Å²) < 4.78 is 25.8. The quantitative estimate of drug-likeness (QED) is 0.888. The third kappa shape index (κ3) is 4.39. The van der Waals surface area contributed by atoms with Crippen molar-refractivity contribution in [2.45, 2.75) is 33.7 Å². The first-order valence-electron chi connectivity index (χ1n) is 8.04. The third-order valence-electron chi connectivity index (χ3n) is 4.24. The van der Waals surface area contributed by atoms with Crippen LogP contribution >= 0.6 is 0 Å². The fourth-order valence-corrected chi connectivity index (χ4v) is 3.79. The fourth-order valence-electron chi connectivity index (χ4n) is 2.62. The van der Waals surface area contributed by atoms with Gasteiger partial charge in [-0.15, -0.1) is 0 Å². The van der Waals surface area contributed by atoms with Gasteiger partial charge in [0.2, 0.25) is 15.9 Å². The number of sulfonamides is 1. The van der Waals surface area contributed by atoms with Crippen molar-refractivity contribution in [3.63, 3.8) is 0 Å². The first-order valence-corrected chi connectivity index (χ1v) is 9.89. The molecule has 0 heterocycles. The number of hydrogen-bond donors (Lipinski definition) is 1. The maximum Gasteiger partial charge on any atom is 0.248 e. The lowest BCUT2D eigenvalue weighted by molar-refractivity contribution is -0.116. The van der Waals surface area contributed by atoms with Crippen molar-refractivity contribution in [1.29, 1.82) is 0 Å². The molecule has 0 aliphatic rings. The Morgan fingerprint density at radius 3 is 2.20 bits per heavy atom. The predicted molar refractivity (Wildman–Crippen MR) is 103 cm³/mol. The van der Waals surface area contributed by atoms with Gasteiger partial charge in [0, 0.05) is 5.69 Å². The van der Waals surface area contributed by atoms with Gasteiger partial charge < -0.3 is 5.32 Å². The molecule has 1 amide bonds. The lowest BCUT2D eigenvalue weighted by Gasteiger charge is -2.29. The second-order valence-corrected chi connectivity index (χ2v) is 8.17. The predicted octanol–water partition coefficient (Wildman–Crippen LogP) is 3.41. The van der Waals surface area contributed by atoms with E-state index in [9.17, 15) is 13.2 Å². The summed E-state index contributed by atoms with van der Waals surface area (Å²) in [6.07, 6.45) is 1.11. The zero-order chi connectivity index (χ0) is 18.8. The number of anilines is 2. The average molecular weight is 360 g/mol. The summed E-state index contributed by atoms with van der Waals surface area (Å²) in [4.78, 5) is 12.7. The summed E-state index contributed by atoms with van der Waals surface area (Å²) >= 11 is 0. The minimum Gasteiger partial charge on any atom is -0.324 e. The number of hydrogen-bond acceptors (Lipinski definition) is 3. The van der Waals surface area contributed by atoms with E-state index in [1.54, 1.807) is 25.1 Å².